The van der Waals surface area contributed by atoms with E-state index in [1.54, 1.807) is 7.05 Å². The lowest BCUT2D eigenvalue weighted by molar-refractivity contribution is -0.150. The topological polar surface area (TPSA) is 215 Å². The molecule has 39 heavy (non-hydrogen) atoms. The van der Waals surface area contributed by atoms with Crippen LogP contribution >= 0.6 is 35.7 Å². The number of nitrogens with zero attached hydrogens (tertiary/aromatic N) is 7. The number of amides is 2. The standard InChI is InChI=1S/C19H24FN11O5S2.ClH/c1-29(19(22)30-4-2-23-3-5-30)24-6-9-7-37-16-11(15(33)31(16)12(9)17(34)35)25-14(32)10(27-36-8-20)13-26-18(21)38-28-13;/h6,11,16,22-23H,2-5,7-8H2,1H3,(H,25,32)(H,34,35)(H2,21,26,28);1H/b22-19?,24-6+,27-10-;/t11-,16-;/m1./s1. The molecule has 3 aliphatic rings. The van der Waals surface area contributed by atoms with Gasteiger partial charge in [0.2, 0.25) is 17.5 Å². The predicted octanol–water partition coefficient (Wildman–Crippen LogP) is -1.31. The molecule has 2 amide bonds. The Labute approximate surface area is 235 Å². The third-order valence-corrected chi connectivity index (χ3v) is 7.51. The molecule has 6 N–H and O–H groups in total. The molecule has 0 aliphatic carbocycles. The molecule has 4 heterocycles. The highest BCUT2D eigenvalue weighted by Crippen LogP contribution is 2.40. The quantitative estimate of drug-likeness (QED) is 0.101. The van der Waals surface area contributed by atoms with Crippen LogP contribution in [0.1, 0.15) is 5.82 Å². The first-order valence-corrected chi connectivity index (χ1v) is 12.9. The molecule has 0 radical (unpaired) electrons. The van der Waals surface area contributed by atoms with Gasteiger partial charge in [-0.25, -0.2) is 14.2 Å². The Balaban J connectivity index is 0.00000420. The highest BCUT2D eigenvalue weighted by molar-refractivity contribution is 8.00. The average molecular weight is 606 g/mol. The van der Waals surface area contributed by atoms with Gasteiger partial charge >= 0.3 is 5.97 Å². The lowest BCUT2D eigenvalue weighted by Crippen LogP contribution is -2.71. The number of alkyl halides is 1. The van der Waals surface area contributed by atoms with E-state index in [1.807, 2.05) is 4.90 Å². The van der Waals surface area contributed by atoms with Gasteiger partial charge in [-0.1, -0.05) is 5.16 Å². The molecule has 0 spiro atoms. The fourth-order valence-corrected chi connectivity index (χ4v) is 5.58. The van der Waals surface area contributed by atoms with Crippen molar-refractivity contribution in [3.63, 3.8) is 0 Å². The van der Waals surface area contributed by atoms with Crippen molar-refractivity contribution in [1.82, 2.24) is 34.8 Å². The van der Waals surface area contributed by atoms with Gasteiger partial charge in [0.1, 0.15) is 17.1 Å². The number of nitrogens with one attached hydrogen (secondary N) is 3. The molecular formula is C19H25ClFN11O5S2. The van der Waals surface area contributed by atoms with Gasteiger partial charge in [-0.15, -0.1) is 24.2 Å². The number of anilines is 1. The first-order valence-electron chi connectivity index (χ1n) is 11.1. The number of hydrogen-bond donors (Lipinski definition) is 5. The van der Waals surface area contributed by atoms with Gasteiger partial charge in [0, 0.05) is 56.1 Å². The lowest BCUT2D eigenvalue weighted by Gasteiger charge is -2.49. The van der Waals surface area contributed by atoms with Crippen molar-refractivity contribution in [2.75, 3.05) is 51.6 Å². The molecule has 1 aromatic rings. The number of fused-ring (bicyclic) bond motifs is 1. The van der Waals surface area contributed by atoms with Crippen molar-refractivity contribution in [3.8, 4) is 0 Å². The molecule has 0 saturated carbocycles. The summed E-state index contributed by atoms with van der Waals surface area (Å²) in [5, 5.41) is 32.1. The Hall–Kier alpha value is -3.55. The van der Waals surface area contributed by atoms with E-state index in [2.05, 4.69) is 35.1 Å². The summed E-state index contributed by atoms with van der Waals surface area (Å²) in [7, 11) is 1.58. The molecule has 0 aromatic carbocycles. The Bertz CT molecular complexity index is 1220. The lowest BCUT2D eigenvalue weighted by atomic mass is 10.0. The molecule has 2 fully saturated rings. The number of β-lactam (4-membered cyclic amide) rings is 1. The Morgan fingerprint density at radius 3 is 2.77 bits per heavy atom. The minimum atomic E-state index is -1.34. The number of carbonyl (C=O) groups excluding carboxylic acids is 2. The summed E-state index contributed by atoms with van der Waals surface area (Å²) in [4.78, 5) is 48.9. The first-order chi connectivity index (χ1) is 18.2. The van der Waals surface area contributed by atoms with E-state index in [0.717, 1.165) is 29.5 Å². The molecular weight excluding hydrogens is 581 g/mol. The molecule has 1 aromatic heterocycles. The Morgan fingerprint density at radius 1 is 1.44 bits per heavy atom. The zero-order valence-electron chi connectivity index (χ0n) is 20.4. The van der Waals surface area contributed by atoms with Crippen LogP contribution in [0.2, 0.25) is 0 Å². The van der Waals surface area contributed by atoms with Crippen LogP contribution in [0.3, 0.4) is 0 Å². The number of oxime groups is 1. The maximum Gasteiger partial charge on any atom is 0.353 e. The minimum Gasteiger partial charge on any atom is -0.477 e. The highest BCUT2D eigenvalue weighted by Gasteiger charge is 2.54. The summed E-state index contributed by atoms with van der Waals surface area (Å²) < 4.78 is 16.3. The van der Waals surface area contributed by atoms with Crippen molar-refractivity contribution >= 4 is 76.5 Å². The Morgan fingerprint density at radius 2 is 2.15 bits per heavy atom. The summed E-state index contributed by atoms with van der Waals surface area (Å²) >= 11 is 2.00. The second-order valence-electron chi connectivity index (χ2n) is 8.00. The van der Waals surface area contributed by atoms with E-state index in [4.69, 9.17) is 11.1 Å². The fourth-order valence-electron chi connectivity index (χ4n) is 3.85. The number of aliphatic carboxylic acids is 1. The van der Waals surface area contributed by atoms with Crippen molar-refractivity contribution in [1.29, 1.82) is 5.41 Å². The van der Waals surface area contributed by atoms with Crippen molar-refractivity contribution in [2.24, 2.45) is 10.3 Å². The van der Waals surface area contributed by atoms with Crippen LogP contribution in [0, 0.1) is 5.41 Å². The van der Waals surface area contributed by atoms with Gasteiger partial charge in [0.05, 0.1) is 6.21 Å². The Kier molecular flexibility index (Phi) is 10.0. The number of carboxylic acid groups (broad SMARTS) is 1. The van der Waals surface area contributed by atoms with Gasteiger partial charge in [-0.2, -0.15) is 14.5 Å². The maximum atomic E-state index is 12.9. The van der Waals surface area contributed by atoms with Gasteiger partial charge in [-0.05, 0) is 0 Å². The van der Waals surface area contributed by atoms with E-state index in [0.29, 0.717) is 13.1 Å². The number of guanidine groups is 1. The number of nitrogen functional groups attached to an aromatic ring is 1. The number of nitrogens with two attached hydrogens (primary N) is 1. The summed E-state index contributed by atoms with van der Waals surface area (Å²) in [5.74, 6) is -2.80. The van der Waals surface area contributed by atoms with Crippen molar-refractivity contribution in [3.05, 3.63) is 17.1 Å². The summed E-state index contributed by atoms with van der Waals surface area (Å²) in [6.07, 6.45) is 1.32. The van der Waals surface area contributed by atoms with Gasteiger partial charge < -0.3 is 31.2 Å². The summed E-state index contributed by atoms with van der Waals surface area (Å²) in [6.45, 7) is 1.46. The van der Waals surface area contributed by atoms with Crippen molar-refractivity contribution < 1.29 is 28.7 Å². The fraction of sp³-hybridized carbons (Fsp3) is 0.474. The van der Waals surface area contributed by atoms with E-state index in [-0.39, 0.29) is 46.3 Å². The summed E-state index contributed by atoms with van der Waals surface area (Å²) in [5.41, 5.74) is 5.06. The molecule has 212 valence electrons. The number of halogens is 2. The average Bonchev–Trinajstić information content (AvgIpc) is 3.35. The molecule has 4 rings (SSSR count). The first kappa shape index (κ1) is 30.0. The van der Waals surface area contributed by atoms with Crippen LogP contribution in [-0.2, 0) is 19.2 Å². The second-order valence-corrected chi connectivity index (χ2v) is 9.89. The number of carboxylic acids is 1. The van der Waals surface area contributed by atoms with Crippen LogP contribution in [0.25, 0.3) is 0 Å². The van der Waals surface area contributed by atoms with E-state index in [9.17, 15) is 23.9 Å². The maximum absolute atomic E-state index is 12.9. The van der Waals surface area contributed by atoms with E-state index in [1.165, 1.54) is 23.0 Å². The number of thioether (sulfide) groups is 1. The molecule has 16 nitrogen and oxygen atoms in total. The number of carbonyl (C=O) groups is 3. The monoisotopic (exact) mass is 605 g/mol. The van der Waals surface area contributed by atoms with Gasteiger partial charge in [0.25, 0.3) is 18.7 Å². The van der Waals surface area contributed by atoms with E-state index >= 15 is 0 Å². The zero-order chi connectivity index (χ0) is 27.4. The van der Waals surface area contributed by atoms with Crippen LogP contribution in [0.4, 0.5) is 9.52 Å². The number of hydrogen-bond acceptors (Lipinski definition) is 13. The molecule has 3 aliphatic heterocycles. The van der Waals surface area contributed by atoms with Crippen molar-refractivity contribution in [2.45, 2.75) is 11.4 Å². The second kappa shape index (κ2) is 13.0. The van der Waals surface area contributed by atoms with Crippen LogP contribution in [0.5, 0.6) is 0 Å². The molecule has 0 unspecified atom stereocenters. The van der Waals surface area contributed by atoms with Crippen LogP contribution in [-0.4, -0.2) is 122 Å². The summed E-state index contributed by atoms with van der Waals surface area (Å²) in [6, 6.07) is -1.09. The number of rotatable bonds is 8. The largest absolute Gasteiger partial charge is 0.477 e. The third-order valence-electron chi connectivity index (χ3n) is 5.67. The molecule has 2 atom stereocenters. The smallest absolute Gasteiger partial charge is 0.353 e. The minimum absolute atomic E-state index is 0. The SMILES string of the molecule is CN(/N=C/C1=C(C(=O)O)N2C(=O)[C@@H](NC(=O)/C(=N\OCF)c3nsc(N)n3)[C@H]2SC1)C(=N)N1CCNCC1.Cl. The molecule has 2 saturated heterocycles. The highest BCUT2D eigenvalue weighted by atomic mass is 35.5. The number of piperazine rings is 1. The zero-order valence-corrected chi connectivity index (χ0v) is 22.8. The third kappa shape index (κ3) is 6.37. The van der Waals surface area contributed by atoms with E-state index < -0.39 is 41.8 Å². The molecule has 20 heteroatoms. The van der Waals surface area contributed by atoms with Gasteiger partial charge in [-0.3, -0.25) is 19.9 Å². The van der Waals surface area contributed by atoms with Gasteiger partial charge in [0.15, 0.2) is 5.13 Å². The van der Waals surface area contributed by atoms with Crippen LogP contribution in [0.15, 0.2) is 21.5 Å². The molecule has 0 bridgehead atoms. The normalized spacial score (nSPS) is 21.2. The predicted molar refractivity (Wildman–Crippen MR) is 143 cm³/mol. The number of aromatic nitrogens is 2. The number of hydrazone groups is 1. The van der Waals surface area contributed by atoms with Crippen LogP contribution < -0.4 is 16.4 Å².